The van der Waals surface area contributed by atoms with Crippen LogP contribution < -0.4 is 5.32 Å². The lowest BCUT2D eigenvalue weighted by Crippen LogP contribution is -2.17. The zero-order valence-electron chi connectivity index (χ0n) is 11.3. The molecular formula is C14H16Cl3N3O. The third-order valence-electron chi connectivity index (χ3n) is 2.35. The summed E-state index contributed by atoms with van der Waals surface area (Å²) >= 11 is 16.6. The Morgan fingerprint density at radius 3 is 1.95 bits per heavy atom. The van der Waals surface area contributed by atoms with Crippen molar-refractivity contribution in [1.82, 2.24) is 15.3 Å². The van der Waals surface area contributed by atoms with E-state index in [4.69, 9.17) is 39.9 Å². The topological polar surface area (TPSA) is 58.0 Å². The van der Waals surface area contributed by atoms with Gasteiger partial charge in [0.05, 0.1) is 6.61 Å². The maximum Gasteiger partial charge on any atom is 0.129 e. The van der Waals surface area contributed by atoms with Crippen molar-refractivity contribution in [3.8, 4) is 0 Å². The van der Waals surface area contributed by atoms with Crippen LogP contribution in [0.5, 0.6) is 0 Å². The summed E-state index contributed by atoms with van der Waals surface area (Å²) in [6.45, 7) is 1.47. The average Bonchev–Trinajstić information content (AvgIpc) is 2.51. The van der Waals surface area contributed by atoms with Crippen molar-refractivity contribution in [2.24, 2.45) is 0 Å². The minimum Gasteiger partial charge on any atom is -0.395 e. The first kappa shape index (κ1) is 18.1. The quantitative estimate of drug-likeness (QED) is 0.494. The van der Waals surface area contributed by atoms with Gasteiger partial charge in [-0.3, -0.25) is 0 Å². The molecule has 0 bridgehead atoms. The van der Waals surface area contributed by atoms with E-state index in [0.29, 0.717) is 29.3 Å². The van der Waals surface area contributed by atoms with E-state index in [9.17, 15) is 0 Å². The van der Waals surface area contributed by atoms with Gasteiger partial charge in [0.1, 0.15) is 10.3 Å². The maximum atomic E-state index is 8.49. The number of hydrogen-bond donors (Lipinski definition) is 2. The summed E-state index contributed by atoms with van der Waals surface area (Å²) in [7, 11) is 0. The standard InChI is InChI=1S/C8H11ClN2O.C6H5Cl2N/c9-8-2-1-7(6-11-8)5-10-3-4-12;7-3-5-1-2-6(8)9-4-5/h1-2,6,10,12H,3-5H2;1-2,4H,3H2. The van der Waals surface area contributed by atoms with Crippen molar-refractivity contribution < 1.29 is 5.11 Å². The molecule has 2 heterocycles. The van der Waals surface area contributed by atoms with Gasteiger partial charge in [-0.1, -0.05) is 35.3 Å². The number of aliphatic hydroxyl groups is 1. The number of aliphatic hydroxyl groups excluding tert-OH is 1. The second-order valence-electron chi connectivity index (χ2n) is 4.01. The Morgan fingerprint density at radius 2 is 1.52 bits per heavy atom. The molecule has 7 heteroatoms. The molecule has 0 aliphatic heterocycles. The van der Waals surface area contributed by atoms with Crippen molar-refractivity contribution in [2.75, 3.05) is 13.2 Å². The fourth-order valence-electron chi connectivity index (χ4n) is 1.31. The van der Waals surface area contributed by atoms with Crippen LogP contribution in [0.1, 0.15) is 11.1 Å². The Bertz CT molecular complexity index is 506. The number of alkyl halides is 1. The van der Waals surface area contributed by atoms with Crippen LogP contribution in [0, 0.1) is 0 Å². The fourth-order valence-corrected chi connectivity index (χ4v) is 1.69. The zero-order valence-corrected chi connectivity index (χ0v) is 13.5. The van der Waals surface area contributed by atoms with Gasteiger partial charge in [0, 0.05) is 31.4 Å². The molecule has 0 saturated heterocycles. The molecule has 0 spiro atoms. The normalized spacial score (nSPS) is 9.90. The van der Waals surface area contributed by atoms with Gasteiger partial charge in [-0.05, 0) is 23.3 Å². The Hall–Kier alpha value is -0.910. The van der Waals surface area contributed by atoms with E-state index in [-0.39, 0.29) is 6.61 Å². The molecule has 0 unspecified atom stereocenters. The molecule has 0 amide bonds. The largest absolute Gasteiger partial charge is 0.395 e. The van der Waals surface area contributed by atoms with Crippen molar-refractivity contribution in [3.63, 3.8) is 0 Å². The van der Waals surface area contributed by atoms with E-state index in [2.05, 4.69) is 15.3 Å². The number of aromatic nitrogens is 2. The molecule has 0 fully saturated rings. The summed E-state index contributed by atoms with van der Waals surface area (Å²) < 4.78 is 0. The molecule has 0 saturated carbocycles. The summed E-state index contributed by atoms with van der Waals surface area (Å²) in [5.74, 6) is 0.490. The molecule has 0 aliphatic rings. The van der Waals surface area contributed by atoms with Gasteiger partial charge in [0.25, 0.3) is 0 Å². The van der Waals surface area contributed by atoms with Crippen molar-refractivity contribution >= 4 is 34.8 Å². The summed E-state index contributed by atoms with van der Waals surface area (Å²) in [5, 5.41) is 12.5. The Kier molecular flexibility index (Phi) is 9.30. The number of nitrogens with zero attached hydrogens (tertiary/aromatic N) is 2. The van der Waals surface area contributed by atoms with Crippen LogP contribution in [0.15, 0.2) is 36.7 Å². The fraction of sp³-hybridized carbons (Fsp3) is 0.286. The highest BCUT2D eigenvalue weighted by Gasteiger charge is 1.92. The van der Waals surface area contributed by atoms with Gasteiger partial charge in [-0.15, -0.1) is 11.6 Å². The summed E-state index contributed by atoms with van der Waals surface area (Å²) in [6, 6.07) is 7.22. The highest BCUT2D eigenvalue weighted by molar-refractivity contribution is 6.29. The molecule has 4 nitrogen and oxygen atoms in total. The lowest BCUT2D eigenvalue weighted by Gasteiger charge is -2.01. The van der Waals surface area contributed by atoms with Crippen molar-refractivity contribution in [2.45, 2.75) is 12.4 Å². The van der Waals surface area contributed by atoms with Crippen LogP contribution in [0.2, 0.25) is 10.3 Å². The van der Waals surface area contributed by atoms with Crippen LogP contribution in [0.25, 0.3) is 0 Å². The van der Waals surface area contributed by atoms with E-state index in [1.54, 1.807) is 24.5 Å². The average molecular weight is 349 g/mol. The highest BCUT2D eigenvalue weighted by Crippen LogP contribution is 2.06. The molecule has 2 N–H and O–H groups in total. The maximum absolute atomic E-state index is 8.49. The smallest absolute Gasteiger partial charge is 0.129 e. The Morgan fingerprint density at radius 1 is 0.952 bits per heavy atom. The van der Waals surface area contributed by atoms with E-state index >= 15 is 0 Å². The molecular weight excluding hydrogens is 333 g/mol. The molecule has 21 heavy (non-hydrogen) atoms. The lowest BCUT2D eigenvalue weighted by molar-refractivity contribution is 0.292. The second-order valence-corrected chi connectivity index (χ2v) is 5.05. The van der Waals surface area contributed by atoms with Gasteiger partial charge in [-0.2, -0.15) is 0 Å². The third-order valence-corrected chi connectivity index (χ3v) is 3.11. The summed E-state index contributed by atoms with van der Waals surface area (Å²) in [4.78, 5) is 7.75. The first-order chi connectivity index (χ1) is 10.2. The van der Waals surface area contributed by atoms with Crippen LogP contribution in [-0.4, -0.2) is 28.2 Å². The van der Waals surface area contributed by atoms with Crippen LogP contribution in [0.4, 0.5) is 0 Å². The van der Waals surface area contributed by atoms with E-state index < -0.39 is 0 Å². The second kappa shape index (κ2) is 10.8. The van der Waals surface area contributed by atoms with Crippen LogP contribution in [0.3, 0.4) is 0 Å². The molecule has 114 valence electrons. The highest BCUT2D eigenvalue weighted by atomic mass is 35.5. The van der Waals surface area contributed by atoms with Gasteiger partial charge < -0.3 is 10.4 Å². The van der Waals surface area contributed by atoms with Crippen LogP contribution in [-0.2, 0) is 12.4 Å². The van der Waals surface area contributed by atoms with Gasteiger partial charge in [0.15, 0.2) is 0 Å². The molecule has 0 radical (unpaired) electrons. The Balaban J connectivity index is 0.000000219. The molecule has 0 aliphatic carbocycles. The van der Waals surface area contributed by atoms with Crippen LogP contribution >= 0.6 is 34.8 Å². The zero-order chi connectivity index (χ0) is 15.5. The minimum atomic E-state index is 0.154. The minimum absolute atomic E-state index is 0.154. The van der Waals surface area contributed by atoms with Gasteiger partial charge >= 0.3 is 0 Å². The van der Waals surface area contributed by atoms with Crippen molar-refractivity contribution in [3.05, 3.63) is 58.1 Å². The SMILES string of the molecule is ClCc1ccc(Cl)nc1.OCCNCc1ccc(Cl)nc1. The summed E-state index contributed by atoms with van der Waals surface area (Å²) in [6.07, 6.45) is 3.38. The molecule has 2 aromatic heterocycles. The predicted octanol–water partition coefficient (Wildman–Crippen LogP) is 3.29. The lowest BCUT2D eigenvalue weighted by atomic mass is 10.3. The summed E-state index contributed by atoms with van der Waals surface area (Å²) in [5.41, 5.74) is 2.05. The molecule has 2 aromatic rings. The molecule has 0 atom stereocenters. The van der Waals surface area contributed by atoms with Crippen molar-refractivity contribution in [1.29, 1.82) is 0 Å². The van der Waals surface area contributed by atoms with E-state index in [0.717, 1.165) is 11.1 Å². The van der Waals surface area contributed by atoms with E-state index in [1.807, 2.05) is 12.1 Å². The third kappa shape index (κ3) is 8.19. The number of halogens is 3. The number of pyridine rings is 2. The predicted molar refractivity (Wildman–Crippen MR) is 86.8 cm³/mol. The number of nitrogens with one attached hydrogen (secondary N) is 1. The first-order valence-corrected chi connectivity index (χ1v) is 7.53. The first-order valence-electron chi connectivity index (χ1n) is 6.24. The molecule has 0 aromatic carbocycles. The van der Waals surface area contributed by atoms with E-state index in [1.165, 1.54) is 0 Å². The monoisotopic (exact) mass is 347 g/mol. The van der Waals surface area contributed by atoms with Gasteiger partial charge in [0.2, 0.25) is 0 Å². The van der Waals surface area contributed by atoms with Gasteiger partial charge in [-0.25, -0.2) is 9.97 Å². The molecule has 2 rings (SSSR count). The number of hydrogen-bond acceptors (Lipinski definition) is 4. The Labute approximate surface area is 139 Å². The number of rotatable bonds is 5.